The number of ether oxygens (including phenoxy) is 1. The Morgan fingerprint density at radius 1 is 0.921 bits per heavy atom. The van der Waals surface area contributed by atoms with Gasteiger partial charge in [-0.3, -0.25) is 14.4 Å². The molecule has 13 heteroatoms. The number of carbonyl (C=O) groups excluding carboxylic acids is 3. The lowest BCUT2D eigenvalue weighted by Crippen LogP contribution is -2.52. The van der Waals surface area contributed by atoms with Crippen molar-refractivity contribution in [2.24, 2.45) is 17.2 Å². The lowest BCUT2D eigenvalue weighted by atomic mass is 10.0. The molecule has 0 aromatic heterocycles. The van der Waals surface area contributed by atoms with Crippen LogP contribution in [0, 0.1) is 0 Å². The van der Waals surface area contributed by atoms with Gasteiger partial charge >= 0.3 is 6.36 Å². The van der Waals surface area contributed by atoms with Gasteiger partial charge in [0.2, 0.25) is 17.7 Å². The summed E-state index contributed by atoms with van der Waals surface area (Å²) in [4.78, 5) is 39.9. The number of halogens is 3. The minimum atomic E-state index is -4.97. The zero-order chi connectivity index (χ0) is 28.1. The van der Waals surface area contributed by atoms with Crippen LogP contribution in [0.2, 0.25) is 0 Å². The van der Waals surface area contributed by atoms with Crippen LogP contribution >= 0.6 is 0 Å². The molecule has 0 bridgehead atoms. The first-order valence-corrected chi connectivity index (χ1v) is 12.0. The molecule has 0 aliphatic heterocycles. The Labute approximate surface area is 218 Å². The standard InChI is InChI=1S/C25H33F3N6O4/c26-25(27,28)38-21-9-5-4-8-19(21)32-24(37)20(11-10-17-6-2-1-3-7-17)33-23(36)18(31)16-22(35)34(14-12-29)15-13-30/h1-9,18,20H,10-16,29-31H2,(H,32,37)(H,33,36). The highest BCUT2D eigenvalue weighted by Crippen LogP contribution is 2.30. The molecule has 0 fully saturated rings. The van der Waals surface area contributed by atoms with Gasteiger partial charge in [0.1, 0.15) is 6.04 Å². The molecule has 0 heterocycles. The van der Waals surface area contributed by atoms with Crippen molar-refractivity contribution in [2.45, 2.75) is 37.7 Å². The molecule has 0 spiro atoms. The predicted molar refractivity (Wildman–Crippen MR) is 136 cm³/mol. The zero-order valence-electron chi connectivity index (χ0n) is 20.7. The predicted octanol–water partition coefficient (Wildman–Crippen LogP) is 1.10. The molecule has 10 nitrogen and oxygen atoms in total. The number of anilines is 1. The first kappa shape index (κ1) is 30.5. The van der Waals surface area contributed by atoms with Crippen molar-refractivity contribution in [1.82, 2.24) is 10.2 Å². The lowest BCUT2D eigenvalue weighted by molar-refractivity contribution is -0.274. The fourth-order valence-corrected chi connectivity index (χ4v) is 3.59. The number of hydrogen-bond donors (Lipinski definition) is 5. The number of amides is 3. The number of nitrogens with zero attached hydrogens (tertiary/aromatic N) is 1. The van der Waals surface area contributed by atoms with Crippen LogP contribution in [-0.4, -0.2) is 67.2 Å². The van der Waals surface area contributed by atoms with Gasteiger partial charge in [-0.25, -0.2) is 0 Å². The van der Waals surface area contributed by atoms with Crippen molar-refractivity contribution in [1.29, 1.82) is 0 Å². The molecule has 2 aromatic rings. The SMILES string of the molecule is NCCN(CCN)C(=O)CC(N)C(=O)NC(CCc1ccccc1)C(=O)Nc1ccccc1OC(F)(F)F. The maximum Gasteiger partial charge on any atom is 0.573 e. The number of benzene rings is 2. The van der Waals surface area contributed by atoms with Crippen LogP contribution in [0.4, 0.5) is 18.9 Å². The summed E-state index contributed by atoms with van der Waals surface area (Å²) < 4.78 is 42.4. The molecule has 0 aliphatic rings. The fraction of sp³-hybridized carbons (Fsp3) is 0.400. The molecule has 2 aromatic carbocycles. The van der Waals surface area contributed by atoms with Gasteiger partial charge in [-0.2, -0.15) is 0 Å². The largest absolute Gasteiger partial charge is 0.573 e. The van der Waals surface area contributed by atoms with Crippen molar-refractivity contribution in [3.63, 3.8) is 0 Å². The molecule has 3 amide bonds. The number of alkyl halides is 3. The van der Waals surface area contributed by atoms with Crippen molar-refractivity contribution in [3.8, 4) is 5.75 Å². The first-order valence-electron chi connectivity index (χ1n) is 12.0. The normalized spacial score (nSPS) is 12.8. The Bertz CT molecular complexity index is 1050. The third-order valence-corrected chi connectivity index (χ3v) is 5.45. The molecule has 0 aliphatic carbocycles. The minimum Gasteiger partial charge on any atom is -0.404 e. The van der Waals surface area contributed by atoms with Crippen molar-refractivity contribution < 1.29 is 32.3 Å². The van der Waals surface area contributed by atoms with Gasteiger partial charge < -0.3 is 37.5 Å². The average Bonchev–Trinajstić information content (AvgIpc) is 2.87. The first-order chi connectivity index (χ1) is 18.0. The van der Waals surface area contributed by atoms with Crippen LogP contribution in [0.1, 0.15) is 18.4 Å². The number of rotatable bonds is 14. The monoisotopic (exact) mass is 538 g/mol. The molecule has 8 N–H and O–H groups in total. The van der Waals surface area contributed by atoms with E-state index in [2.05, 4.69) is 15.4 Å². The van der Waals surface area contributed by atoms with E-state index in [-0.39, 0.29) is 44.7 Å². The summed E-state index contributed by atoms with van der Waals surface area (Å²) in [7, 11) is 0. The molecule has 2 atom stereocenters. The van der Waals surface area contributed by atoms with E-state index in [0.717, 1.165) is 11.6 Å². The van der Waals surface area contributed by atoms with E-state index in [9.17, 15) is 27.6 Å². The van der Waals surface area contributed by atoms with Crippen LogP contribution < -0.4 is 32.6 Å². The van der Waals surface area contributed by atoms with Gasteiger partial charge in [0, 0.05) is 26.2 Å². The topological polar surface area (TPSA) is 166 Å². The van der Waals surface area contributed by atoms with E-state index in [1.54, 1.807) is 0 Å². The molecule has 208 valence electrons. The lowest BCUT2D eigenvalue weighted by Gasteiger charge is -2.24. The Morgan fingerprint density at radius 3 is 2.13 bits per heavy atom. The number of hydrogen-bond acceptors (Lipinski definition) is 7. The highest BCUT2D eigenvalue weighted by Gasteiger charge is 2.33. The quantitative estimate of drug-likeness (QED) is 0.240. The molecule has 0 radical (unpaired) electrons. The van der Waals surface area contributed by atoms with Gasteiger partial charge in [-0.05, 0) is 30.5 Å². The maximum absolute atomic E-state index is 13.1. The smallest absolute Gasteiger partial charge is 0.404 e. The Kier molecular flexibility index (Phi) is 12.0. The second kappa shape index (κ2) is 14.9. The van der Waals surface area contributed by atoms with E-state index < -0.39 is 41.9 Å². The van der Waals surface area contributed by atoms with E-state index in [1.165, 1.54) is 23.1 Å². The zero-order valence-corrected chi connectivity index (χ0v) is 20.7. The number of carbonyl (C=O) groups is 3. The summed E-state index contributed by atoms with van der Waals surface area (Å²) in [6, 6.07) is 11.7. The van der Waals surface area contributed by atoms with E-state index in [4.69, 9.17) is 17.2 Å². The Morgan fingerprint density at radius 2 is 1.53 bits per heavy atom. The van der Waals surface area contributed by atoms with Gasteiger partial charge in [0.15, 0.2) is 5.75 Å². The van der Waals surface area contributed by atoms with E-state index >= 15 is 0 Å². The summed E-state index contributed by atoms with van der Waals surface area (Å²) in [5, 5.41) is 4.91. The minimum absolute atomic E-state index is 0.108. The molecule has 0 saturated carbocycles. The summed E-state index contributed by atoms with van der Waals surface area (Å²) >= 11 is 0. The van der Waals surface area contributed by atoms with Gasteiger partial charge in [0.05, 0.1) is 18.2 Å². The number of nitrogens with one attached hydrogen (secondary N) is 2. The number of nitrogens with two attached hydrogens (primary N) is 3. The van der Waals surface area contributed by atoms with Gasteiger partial charge in [-0.15, -0.1) is 13.2 Å². The number of para-hydroxylation sites is 2. The van der Waals surface area contributed by atoms with Crippen LogP contribution in [0.5, 0.6) is 5.75 Å². The molecule has 2 unspecified atom stereocenters. The van der Waals surface area contributed by atoms with E-state index in [1.807, 2.05) is 30.3 Å². The molecule has 38 heavy (non-hydrogen) atoms. The van der Waals surface area contributed by atoms with Crippen LogP contribution in [0.3, 0.4) is 0 Å². The van der Waals surface area contributed by atoms with Crippen LogP contribution in [-0.2, 0) is 20.8 Å². The average molecular weight is 539 g/mol. The van der Waals surface area contributed by atoms with Crippen molar-refractivity contribution in [2.75, 3.05) is 31.5 Å². The maximum atomic E-state index is 13.1. The fourth-order valence-electron chi connectivity index (χ4n) is 3.59. The van der Waals surface area contributed by atoms with Crippen LogP contribution in [0.15, 0.2) is 54.6 Å². The van der Waals surface area contributed by atoms with Crippen molar-refractivity contribution in [3.05, 3.63) is 60.2 Å². The Balaban J connectivity index is 2.16. The molecule has 0 saturated heterocycles. The Hall–Kier alpha value is -3.68. The third kappa shape index (κ3) is 10.4. The van der Waals surface area contributed by atoms with Crippen LogP contribution in [0.25, 0.3) is 0 Å². The summed E-state index contributed by atoms with van der Waals surface area (Å²) in [5.41, 5.74) is 17.6. The number of aryl methyl sites for hydroxylation is 1. The third-order valence-electron chi connectivity index (χ3n) is 5.45. The van der Waals surface area contributed by atoms with Gasteiger partial charge in [-0.1, -0.05) is 42.5 Å². The molecular formula is C25H33F3N6O4. The molecule has 2 rings (SSSR count). The highest BCUT2D eigenvalue weighted by atomic mass is 19.4. The highest BCUT2D eigenvalue weighted by molar-refractivity contribution is 5.99. The van der Waals surface area contributed by atoms with E-state index in [0.29, 0.717) is 6.42 Å². The van der Waals surface area contributed by atoms with Crippen molar-refractivity contribution >= 4 is 23.4 Å². The second-order valence-corrected chi connectivity index (χ2v) is 8.39. The summed E-state index contributed by atoms with van der Waals surface area (Å²) in [6.45, 7) is 0.890. The van der Waals surface area contributed by atoms with Gasteiger partial charge in [0.25, 0.3) is 0 Å². The summed E-state index contributed by atoms with van der Waals surface area (Å²) in [6.07, 6.45) is -4.84. The molecular weight excluding hydrogens is 505 g/mol. The second-order valence-electron chi connectivity index (χ2n) is 8.39. The summed E-state index contributed by atoms with van der Waals surface area (Å²) in [5.74, 6) is -2.58.